The highest BCUT2D eigenvalue weighted by molar-refractivity contribution is 5.85. The van der Waals surface area contributed by atoms with E-state index in [1.807, 2.05) is 24.3 Å². The van der Waals surface area contributed by atoms with Crippen molar-refractivity contribution in [3.05, 3.63) is 43.0 Å². The Balaban J connectivity index is 1.99. The topological polar surface area (TPSA) is 95.4 Å². The monoisotopic (exact) mass is 263 g/mol. The molecule has 0 spiro atoms. The molecule has 0 atom stereocenters. The van der Waals surface area contributed by atoms with Gasteiger partial charge in [0.15, 0.2) is 11.5 Å². The van der Waals surface area contributed by atoms with Crippen LogP contribution >= 0.6 is 0 Å². The summed E-state index contributed by atoms with van der Waals surface area (Å²) in [5, 5.41) is 4.96. The zero-order valence-electron chi connectivity index (χ0n) is 10.3. The Morgan fingerprint density at radius 3 is 2.70 bits per heavy atom. The van der Waals surface area contributed by atoms with Crippen LogP contribution in [0.4, 0.5) is 5.82 Å². The number of hydrogen-bond acceptors (Lipinski definition) is 6. The minimum atomic E-state index is 0.398. The van der Waals surface area contributed by atoms with Crippen LogP contribution in [-0.4, -0.2) is 29.7 Å². The van der Waals surface area contributed by atoms with Crippen LogP contribution in [0.1, 0.15) is 0 Å². The molecule has 0 aliphatic heterocycles. The van der Waals surface area contributed by atoms with Crippen LogP contribution in [0, 0.1) is 0 Å². The van der Waals surface area contributed by atoms with E-state index in [-0.39, 0.29) is 0 Å². The van der Waals surface area contributed by atoms with Crippen molar-refractivity contribution in [2.75, 3.05) is 5.73 Å². The van der Waals surface area contributed by atoms with Crippen molar-refractivity contribution in [1.82, 2.24) is 29.7 Å². The van der Waals surface area contributed by atoms with Gasteiger partial charge in [-0.25, -0.2) is 15.0 Å². The zero-order valence-corrected chi connectivity index (χ0v) is 10.3. The van der Waals surface area contributed by atoms with Gasteiger partial charge in [0.1, 0.15) is 12.1 Å². The van der Waals surface area contributed by atoms with Crippen molar-refractivity contribution in [3.63, 3.8) is 0 Å². The summed E-state index contributed by atoms with van der Waals surface area (Å²) in [6.45, 7) is 0. The Labute approximate surface area is 113 Å². The molecule has 20 heavy (non-hydrogen) atoms. The zero-order chi connectivity index (χ0) is 13.5. The summed E-state index contributed by atoms with van der Waals surface area (Å²) in [5.41, 5.74) is 8.05. The van der Waals surface area contributed by atoms with Crippen LogP contribution in [0.2, 0.25) is 0 Å². The van der Waals surface area contributed by atoms with Gasteiger partial charge in [0, 0.05) is 0 Å². The Hall–Kier alpha value is -3.09. The Bertz CT molecular complexity index is 928. The van der Waals surface area contributed by atoms with Gasteiger partial charge in [-0.3, -0.25) is 4.98 Å². The van der Waals surface area contributed by atoms with Gasteiger partial charge in [-0.05, 0) is 12.1 Å². The smallest absolute Gasteiger partial charge is 0.174 e. The number of nitrogen functional groups attached to an aromatic ring is 1. The first kappa shape index (κ1) is 10.8. The number of anilines is 1. The molecule has 96 valence electrons. The lowest BCUT2D eigenvalue weighted by atomic mass is 10.3. The maximum Gasteiger partial charge on any atom is 0.174 e. The Morgan fingerprint density at radius 1 is 0.950 bits per heavy atom. The van der Waals surface area contributed by atoms with E-state index in [4.69, 9.17) is 5.73 Å². The predicted octanol–water partition coefficient (Wildman–Crippen LogP) is 1.34. The highest BCUT2D eigenvalue weighted by Gasteiger charge is 2.10. The molecule has 4 rings (SSSR count). The Morgan fingerprint density at radius 2 is 1.80 bits per heavy atom. The van der Waals surface area contributed by atoms with Crippen molar-refractivity contribution in [1.29, 1.82) is 0 Å². The second-order valence-electron chi connectivity index (χ2n) is 4.27. The first-order valence-electron chi connectivity index (χ1n) is 5.99. The molecule has 0 bridgehead atoms. The highest BCUT2D eigenvalue weighted by Crippen LogP contribution is 2.19. The molecule has 0 aliphatic rings. The molecule has 2 N–H and O–H groups in total. The molecule has 1 aromatic carbocycles. The maximum absolute atomic E-state index is 5.80. The van der Waals surface area contributed by atoms with Gasteiger partial charge >= 0.3 is 0 Å². The van der Waals surface area contributed by atoms with Crippen molar-refractivity contribution < 1.29 is 0 Å². The van der Waals surface area contributed by atoms with Crippen molar-refractivity contribution >= 4 is 27.9 Å². The van der Waals surface area contributed by atoms with Gasteiger partial charge in [0.25, 0.3) is 0 Å². The van der Waals surface area contributed by atoms with E-state index in [9.17, 15) is 0 Å². The summed E-state index contributed by atoms with van der Waals surface area (Å²) in [6, 6.07) is 7.66. The fraction of sp³-hybridized carbons (Fsp3) is 0. The predicted molar refractivity (Wildman–Crippen MR) is 74.2 cm³/mol. The minimum Gasteiger partial charge on any atom is -0.383 e. The molecule has 0 aliphatic carbocycles. The lowest BCUT2D eigenvalue weighted by molar-refractivity contribution is 0.861. The molecular weight excluding hydrogens is 254 g/mol. The van der Waals surface area contributed by atoms with Crippen LogP contribution in [-0.2, 0) is 0 Å². The summed E-state index contributed by atoms with van der Waals surface area (Å²) in [7, 11) is 0. The quantitative estimate of drug-likeness (QED) is 0.556. The average Bonchev–Trinajstić information content (AvgIpc) is 2.92. The van der Waals surface area contributed by atoms with Gasteiger partial charge in [0.05, 0.1) is 28.8 Å². The van der Waals surface area contributed by atoms with E-state index >= 15 is 0 Å². The lowest BCUT2D eigenvalue weighted by Gasteiger charge is -2.03. The number of nitrogens with two attached hydrogens (primary N) is 1. The molecular formula is C13H9N7. The van der Waals surface area contributed by atoms with Crippen LogP contribution in [0.5, 0.6) is 0 Å². The third-order valence-corrected chi connectivity index (χ3v) is 3.05. The second-order valence-corrected chi connectivity index (χ2v) is 4.27. The fourth-order valence-corrected chi connectivity index (χ4v) is 2.08. The summed E-state index contributed by atoms with van der Waals surface area (Å²) in [5.74, 6) is 0.992. The maximum atomic E-state index is 5.80. The number of rotatable bonds is 1. The molecule has 0 unspecified atom stereocenters. The molecule has 0 saturated heterocycles. The van der Waals surface area contributed by atoms with E-state index in [0.29, 0.717) is 22.7 Å². The highest BCUT2D eigenvalue weighted by atomic mass is 15.3. The number of hydrogen-bond donors (Lipinski definition) is 1. The largest absolute Gasteiger partial charge is 0.383 e. The molecule has 3 heterocycles. The SMILES string of the molecule is Nc1ncnc2c1cnn2-c1cnc2ccccc2n1. The van der Waals surface area contributed by atoms with Gasteiger partial charge in [-0.2, -0.15) is 9.78 Å². The summed E-state index contributed by atoms with van der Waals surface area (Å²) in [6.07, 6.45) is 4.69. The van der Waals surface area contributed by atoms with Crippen molar-refractivity contribution in [2.24, 2.45) is 0 Å². The summed E-state index contributed by atoms with van der Waals surface area (Å²) in [4.78, 5) is 17.0. The molecule has 0 amide bonds. The molecule has 7 nitrogen and oxygen atoms in total. The number of para-hydroxylation sites is 2. The number of aromatic nitrogens is 6. The molecule has 0 saturated carbocycles. The third-order valence-electron chi connectivity index (χ3n) is 3.05. The first-order chi connectivity index (χ1) is 9.83. The molecule has 0 radical (unpaired) electrons. The van der Waals surface area contributed by atoms with E-state index in [0.717, 1.165) is 11.0 Å². The Kier molecular flexibility index (Phi) is 2.13. The average molecular weight is 263 g/mol. The number of fused-ring (bicyclic) bond motifs is 2. The first-order valence-corrected chi connectivity index (χ1v) is 5.99. The van der Waals surface area contributed by atoms with Gasteiger partial charge in [-0.15, -0.1) is 0 Å². The van der Waals surface area contributed by atoms with Crippen LogP contribution in [0.15, 0.2) is 43.0 Å². The van der Waals surface area contributed by atoms with Gasteiger partial charge in [0.2, 0.25) is 0 Å². The van der Waals surface area contributed by atoms with E-state index in [1.54, 1.807) is 17.1 Å². The van der Waals surface area contributed by atoms with Crippen LogP contribution in [0.3, 0.4) is 0 Å². The van der Waals surface area contributed by atoms with Gasteiger partial charge in [-0.1, -0.05) is 12.1 Å². The molecule has 3 aromatic heterocycles. The summed E-state index contributed by atoms with van der Waals surface area (Å²) >= 11 is 0. The number of benzene rings is 1. The van der Waals surface area contributed by atoms with E-state index in [1.165, 1.54) is 6.33 Å². The van der Waals surface area contributed by atoms with E-state index in [2.05, 4.69) is 25.0 Å². The molecule has 4 aromatic rings. The second kappa shape index (κ2) is 3.95. The third kappa shape index (κ3) is 1.50. The fourth-order valence-electron chi connectivity index (χ4n) is 2.08. The lowest BCUT2D eigenvalue weighted by Crippen LogP contribution is -2.02. The number of nitrogens with zero attached hydrogens (tertiary/aromatic N) is 6. The van der Waals surface area contributed by atoms with Crippen LogP contribution in [0.25, 0.3) is 27.9 Å². The summed E-state index contributed by atoms with van der Waals surface area (Å²) < 4.78 is 1.60. The van der Waals surface area contributed by atoms with E-state index < -0.39 is 0 Å². The minimum absolute atomic E-state index is 0.398. The molecule has 0 fully saturated rings. The normalized spacial score (nSPS) is 11.2. The van der Waals surface area contributed by atoms with Gasteiger partial charge < -0.3 is 5.73 Å². The van der Waals surface area contributed by atoms with Crippen molar-refractivity contribution in [3.8, 4) is 5.82 Å². The standard InChI is InChI=1S/C13H9N7/c14-12-8-5-18-20(13(8)17-7-16-12)11-6-15-9-3-1-2-4-10(9)19-11/h1-7H,(H2,14,16,17). The molecule has 7 heteroatoms. The van der Waals surface area contributed by atoms with Crippen LogP contribution < -0.4 is 5.73 Å². The van der Waals surface area contributed by atoms with Crippen molar-refractivity contribution in [2.45, 2.75) is 0 Å².